The Bertz CT molecular complexity index is 470. The van der Waals surface area contributed by atoms with E-state index in [0.29, 0.717) is 12.5 Å². The van der Waals surface area contributed by atoms with Gasteiger partial charge in [0.1, 0.15) is 5.82 Å². The lowest BCUT2D eigenvalue weighted by Gasteiger charge is -2.29. The molecule has 0 bridgehead atoms. The van der Waals surface area contributed by atoms with Crippen LogP contribution in [0.1, 0.15) is 35.7 Å². The monoisotopic (exact) mass is 278 g/mol. The number of benzene rings is 1. The number of aryl methyl sites for hydroxylation is 1. The van der Waals surface area contributed by atoms with Crippen LogP contribution in [0.4, 0.5) is 4.39 Å². The summed E-state index contributed by atoms with van der Waals surface area (Å²) in [5, 5.41) is 3.32. The van der Waals surface area contributed by atoms with Gasteiger partial charge in [0.2, 0.25) is 0 Å². The molecule has 2 rings (SSSR count). The lowest BCUT2D eigenvalue weighted by Crippen LogP contribution is -2.39. The normalized spacial score (nSPS) is 16.1. The SMILES string of the molecule is CCN(CC1CCNCC1)C(=O)c1ccc(C)cc1F. The number of nitrogens with zero attached hydrogens (tertiary/aromatic N) is 1. The summed E-state index contributed by atoms with van der Waals surface area (Å²) in [6, 6.07) is 4.80. The highest BCUT2D eigenvalue weighted by Gasteiger charge is 2.22. The number of carbonyl (C=O) groups excluding carboxylic acids is 1. The Morgan fingerprint density at radius 1 is 1.40 bits per heavy atom. The van der Waals surface area contributed by atoms with E-state index in [1.807, 2.05) is 13.8 Å². The molecule has 0 atom stereocenters. The second-order valence-electron chi connectivity index (χ2n) is 5.52. The van der Waals surface area contributed by atoms with Gasteiger partial charge in [-0.25, -0.2) is 4.39 Å². The topological polar surface area (TPSA) is 32.3 Å². The molecule has 110 valence electrons. The summed E-state index contributed by atoms with van der Waals surface area (Å²) in [6.07, 6.45) is 2.17. The molecule has 3 nitrogen and oxygen atoms in total. The molecule has 0 spiro atoms. The first-order valence-electron chi connectivity index (χ1n) is 7.38. The number of halogens is 1. The smallest absolute Gasteiger partial charge is 0.256 e. The predicted octanol–water partition coefficient (Wildman–Crippen LogP) is 2.60. The van der Waals surface area contributed by atoms with Gasteiger partial charge in [0.15, 0.2) is 0 Å². The zero-order valence-corrected chi connectivity index (χ0v) is 12.3. The standard InChI is InChI=1S/C16H23FN2O/c1-3-19(11-13-6-8-18-9-7-13)16(20)14-5-4-12(2)10-15(14)17/h4-5,10,13,18H,3,6-9,11H2,1-2H3. The van der Waals surface area contributed by atoms with E-state index in [1.54, 1.807) is 17.0 Å². The van der Waals surface area contributed by atoms with Crippen molar-refractivity contribution in [1.82, 2.24) is 10.2 Å². The van der Waals surface area contributed by atoms with Gasteiger partial charge in [-0.2, -0.15) is 0 Å². The molecule has 4 heteroatoms. The average molecular weight is 278 g/mol. The molecule has 1 fully saturated rings. The van der Waals surface area contributed by atoms with E-state index >= 15 is 0 Å². The third-order valence-corrected chi connectivity index (χ3v) is 3.96. The van der Waals surface area contributed by atoms with E-state index < -0.39 is 5.82 Å². The van der Waals surface area contributed by atoms with E-state index in [9.17, 15) is 9.18 Å². The molecule has 0 unspecified atom stereocenters. The number of hydrogen-bond acceptors (Lipinski definition) is 2. The highest BCUT2D eigenvalue weighted by Crippen LogP contribution is 2.17. The van der Waals surface area contributed by atoms with E-state index in [2.05, 4.69) is 5.32 Å². The number of carbonyl (C=O) groups is 1. The highest BCUT2D eigenvalue weighted by atomic mass is 19.1. The molecule has 20 heavy (non-hydrogen) atoms. The number of nitrogens with one attached hydrogen (secondary N) is 1. The van der Waals surface area contributed by atoms with Crippen LogP contribution in [0.5, 0.6) is 0 Å². The zero-order chi connectivity index (χ0) is 14.5. The molecule has 1 heterocycles. The third-order valence-electron chi connectivity index (χ3n) is 3.96. The molecular weight excluding hydrogens is 255 g/mol. The molecule has 0 saturated carbocycles. The maximum Gasteiger partial charge on any atom is 0.256 e. The lowest BCUT2D eigenvalue weighted by molar-refractivity contribution is 0.0722. The Morgan fingerprint density at radius 2 is 2.10 bits per heavy atom. The van der Waals surface area contributed by atoms with Gasteiger partial charge < -0.3 is 10.2 Å². The van der Waals surface area contributed by atoms with Crippen LogP contribution < -0.4 is 5.32 Å². The van der Waals surface area contributed by atoms with Crippen molar-refractivity contribution in [1.29, 1.82) is 0 Å². The molecular formula is C16H23FN2O. The molecule has 1 aromatic rings. The first kappa shape index (κ1) is 15.0. The number of rotatable bonds is 4. The Hall–Kier alpha value is -1.42. The summed E-state index contributed by atoms with van der Waals surface area (Å²) in [5.41, 5.74) is 1.02. The van der Waals surface area contributed by atoms with Crippen molar-refractivity contribution in [3.8, 4) is 0 Å². The minimum Gasteiger partial charge on any atom is -0.339 e. The fraction of sp³-hybridized carbons (Fsp3) is 0.562. The first-order valence-corrected chi connectivity index (χ1v) is 7.38. The molecule has 1 N–H and O–H groups in total. The van der Waals surface area contributed by atoms with Crippen molar-refractivity contribution >= 4 is 5.91 Å². The maximum absolute atomic E-state index is 13.9. The number of hydrogen-bond donors (Lipinski definition) is 1. The van der Waals surface area contributed by atoms with Crippen LogP contribution in [-0.2, 0) is 0 Å². The van der Waals surface area contributed by atoms with Crippen LogP contribution in [0.15, 0.2) is 18.2 Å². The molecule has 1 saturated heterocycles. The Kier molecular flexibility index (Phi) is 5.12. The second-order valence-corrected chi connectivity index (χ2v) is 5.52. The Morgan fingerprint density at radius 3 is 2.70 bits per heavy atom. The van der Waals surface area contributed by atoms with Crippen molar-refractivity contribution < 1.29 is 9.18 Å². The van der Waals surface area contributed by atoms with Crippen LogP contribution in [0.3, 0.4) is 0 Å². The summed E-state index contributed by atoms with van der Waals surface area (Å²) in [7, 11) is 0. The Balaban J connectivity index is 2.07. The quantitative estimate of drug-likeness (QED) is 0.918. The van der Waals surface area contributed by atoms with E-state index in [1.165, 1.54) is 6.07 Å². The van der Waals surface area contributed by atoms with Crippen LogP contribution in [0.25, 0.3) is 0 Å². The minimum atomic E-state index is -0.418. The summed E-state index contributed by atoms with van der Waals surface area (Å²) in [4.78, 5) is 14.2. The third kappa shape index (κ3) is 3.57. The summed E-state index contributed by atoms with van der Waals surface area (Å²) >= 11 is 0. The molecule has 0 radical (unpaired) electrons. The lowest BCUT2D eigenvalue weighted by atomic mass is 9.97. The molecule has 1 amide bonds. The van der Waals surface area contributed by atoms with Crippen molar-refractivity contribution in [3.05, 3.63) is 35.1 Å². The summed E-state index contributed by atoms with van der Waals surface area (Å²) in [6.45, 7) is 7.14. The molecule has 1 aliphatic heterocycles. The van der Waals surface area contributed by atoms with Crippen molar-refractivity contribution in [3.63, 3.8) is 0 Å². The molecule has 1 aliphatic rings. The highest BCUT2D eigenvalue weighted by molar-refractivity contribution is 5.94. The van der Waals surface area contributed by atoms with E-state index in [-0.39, 0.29) is 11.5 Å². The van der Waals surface area contributed by atoms with Crippen molar-refractivity contribution in [2.75, 3.05) is 26.2 Å². The van der Waals surface area contributed by atoms with Gasteiger partial charge in [-0.15, -0.1) is 0 Å². The van der Waals surface area contributed by atoms with Gasteiger partial charge in [0.05, 0.1) is 5.56 Å². The van der Waals surface area contributed by atoms with Gasteiger partial charge in [0, 0.05) is 13.1 Å². The van der Waals surface area contributed by atoms with Crippen LogP contribution in [0.2, 0.25) is 0 Å². The first-order chi connectivity index (χ1) is 9.61. The van der Waals surface area contributed by atoms with Gasteiger partial charge in [-0.05, 0) is 63.4 Å². The number of piperidine rings is 1. The zero-order valence-electron chi connectivity index (χ0n) is 12.3. The van der Waals surface area contributed by atoms with Gasteiger partial charge in [-0.3, -0.25) is 4.79 Å². The number of amides is 1. The largest absolute Gasteiger partial charge is 0.339 e. The summed E-state index contributed by atoms with van der Waals surface area (Å²) in [5.74, 6) is -0.0871. The minimum absolute atomic E-state index is 0.186. The average Bonchev–Trinajstić information content (AvgIpc) is 2.45. The van der Waals surface area contributed by atoms with Crippen LogP contribution >= 0.6 is 0 Å². The van der Waals surface area contributed by atoms with Crippen LogP contribution in [-0.4, -0.2) is 37.0 Å². The molecule has 0 aliphatic carbocycles. The van der Waals surface area contributed by atoms with E-state index in [4.69, 9.17) is 0 Å². The van der Waals surface area contributed by atoms with Gasteiger partial charge in [-0.1, -0.05) is 6.07 Å². The fourth-order valence-electron chi connectivity index (χ4n) is 2.70. The summed E-state index contributed by atoms with van der Waals surface area (Å²) < 4.78 is 13.9. The van der Waals surface area contributed by atoms with Gasteiger partial charge >= 0.3 is 0 Å². The van der Waals surface area contributed by atoms with E-state index in [0.717, 1.165) is 38.0 Å². The predicted molar refractivity (Wildman–Crippen MR) is 78.3 cm³/mol. The van der Waals surface area contributed by atoms with Crippen LogP contribution in [0, 0.1) is 18.7 Å². The van der Waals surface area contributed by atoms with Crippen molar-refractivity contribution in [2.24, 2.45) is 5.92 Å². The maximum atomic E-state index is 13.9. The van der Waals surface area contributed by atoms with Crippen molar-refractivity contribution in [2.45, 2.75) is 26.7 Å². The molecule has 1 aromatic carbocycles. The fourth-order valence-corrected chi connectivity index (χ4v) is 2.70. The molecule has 0 aromatic heterocycles. The second kappa shape index (κ2) is 6.84. The Labute approximate surface area is 120 Å². The van der Waals surface area contributed by atoms with Gasteiger partial charge in [0.25, 0.3) is 5.91 Å².